The third-order valence-electron chi connectivity index (χ3n) is 7.00. The molecule has 170 valence electrons. The number of fused-ring (bicyclic) bond motifs is 2. The van der Waals surface area contributed by atoms with Crippen LogP contribution in [0.2, 0.25) is 0 Å². The zero-order valence-electron chi connectivity index (χ0n) is 18.9. The molecule has 7 nitrogen and oxygen atoms in total. The molecule has 1 aliphatic carbocycles. The molecule has 2 aromatic rings. The Morgan fingerprint density at radius 3 is 2.70 bits per heavy atom. The SMILES string of the molecule is CC1(C)CC=C(c2cc([C@]3(O)C[C@H]4C=C[C@@H](C3)O4)ccc2NC(=O)c2nc(C#N)c[nH]2)CC1. The van der Waals surface area contributed by atoms with Gasteiger partial charge in [0.2, 0.25) is 0 Å². The summed E-state index contributed by atoms with van der Waals surface area (Å²) in [5.41, 5.74) is 3.03. The van der Waals surface area contributed by atoms with E-state index in [9.17, 15) is 9.90 Å². The minimum absolute atomic E-state index is 0.0699. The van der Waals surface area contributed by atoms with Crippen molar-refractivity contribution in [3.05, 3.63) is 65.3 Å². The van der Waals surface area contributed by atoms with Crippen molar-refractivity contribution in [3.8, 4) is 6.07 Å². The Morgan fingerprint density at radius 1 is 1.30 bits per heavy atom. The quantitative estimate of drug-likeness (QED) is 0.604. The number of nitrogens with one attached hydrogen (secondary N) is 2. The van der Waals surface area contributed by atoms with Crippen molar-refractivity contribution in [2.45, 2.75) is 63.8 Å². The number of H-pyrrole nitrogens is 1. The van der Waals surface area contributed by atoms with Crippen LogP contribution in [0.25, 0.3) is 5.57 Å². The number of aliphatic hydroxyl groups is 1. The molecule has 3 aliphatic rings. The summed E-state index contributed by atoms with van der Waals surface area (Å²) in [6.45, 7) is 4.52. The monoisotopic (exact) mass is 444 g/mol. The van der Waals surface area contributed by atoms with Gasteiger partial charge in [-0.2, -0.15) is 5.26 Å². The lowest BCUT2D eigenvalue weighted by Crippen LogP contribution is -2.39. The first-order chi connectivity index (χ1) is 15.7. The number of ether oxygens (including phenoxy) is 1. The Hall–Kier alpha value is -3.21. The van der Waals surface area contributed by atoms with Crippen molar-refractivity contribution in [1.29, 1.82) is 5.26 Å². The highest BCUT2D eigenvalue weighted by atomic mass is 16.5. The van der Waals surface area contributed by atoms with Gasteiger partial charge in [-0.05, 0) is 47.9 Å². The van der Waals surface area contributed by atoms with E-state index in [0.29, 0.717) is 18.5 Å². The van der Waals surface area contributed by atoms with E-state index in [2.05, 4.69) is 35.2 Å². The van der Waals surface area contributed by atoms with Crippen LogP contribution in [0.4, 0.5) is 5.69 Å². The average Bonchev–Trinajstić information content (AvgIpc) is 3.40. The average molecular weight is 445 g/mol. The third-order valence-corrected chi connectivity index (χ3v) is 7.00. The lowest BCUT2D eigenvalue weighted by atomic mass is 9.76. The molecule has 1 fully saturated rings. The van der Waals surface area contributed by atoms with Gasteiger partial charge < -0.3 is 20.1 Å². The molecular weight excluding hydrogens is 416 g/mol. The minimum Gasteiger partial charge on any atom is -0.385 e. The summed E-state index contributed by atoms with van der Waals surface area (Å²) in [4.78, 5) is 19.6. The maximum absolute atomic E-state index is 12.8. The summed E-state index contributed by atoms with van der Waals surface area (Å²) in [7, 11) is 0. The number of hydrogen-bond donors (Lipinski definition) is 3. The Bertz CT molecular complexity index is 1190. The largest absolute Gasteiger partial charge is 0.385 e. The number of aromatic nitrogens is 2. The van der Waals surface area contributed by atoms with Crippen LogP contribution in [0.1, 0.15) is 73.4 Å². The maximum Gasteiger partial charge on any atom is 0.291 e. The summed E-state index contributed by atoms with van der Waals surface area (Å²) < 4.78 is 5.85. The molecule has 33 heavy (non-hydrogen) atoms. The highest BCUT2D eigenvalue weighted by molar-refractivity contribution is 6.03. The van der Waals surface area contributed by atoms with Gasteiger partial charge in [0, 0.05) is 30.3 Å². The van der Waals surface area contributed by atoms with Crippen LogP contribution in [0, 0.1) is 16.7 Å². The van der Waals surface area contributed by atoms with E-state index in [1.807, 2.05) is 36.4 Å². The van der Waals surface area contributed by atoms with E-state index in [1.165, 1.54) is 11.8 Å². The number of aromatic amines is 1. The number of carbonyl (C=O) groups excluding carboxylic acids is 1. The number of nitrogens with zero attached hydrogens (tertiary/aromatic N) is 2. The molecule has 3 N–H and O–H groups in total. The molecule has 1 amide bonds. The third kappa shape index (κ3) is 4.24. The van der Waals surface area contributed by atoms with E-state index in [0.717, 1.165) is 30.4 Å². The van der Waals surface area contributed by atoms with E-state index in [1.54, 1.807) is 0 Å². The van der Waals surface area contributed by atoms with Gasteiger partial charge in [-0.15, -0.1) is 0 Å². The number of amides is 1. The molecule has 7 heteroatoms. The molecule has 3 heterocycles. The highest BCUT2D eigenvalue weighted by Crippen LogP contribution is 2.44. The van der Waals surface area contributed by atoms with E-state index in [4.69, 9.17) is 10.00 Å². The smallest absolute Gasteiger partial charge is 0.291 e. The number of carbonyl (C=O) groups is 1. The Kier molecular flexibility index (Phi) is 5.23. The normalized spacial score (nSPS) is 27.6. The Balaban J connectivity index is 1.49. The van der Waals surface area contributed by atoms with Crippen LogP contribution >= 0.6 is 0 Å². The molecule has 3 atom stereocenters. The topological polar surface area (TPSA) is 111 Å². The second-order valence-electron chi connectivity index (χ2n) is 10.1. The molecule has 0 radical (unpaired) electrons. The molecule has 0 spiro atoms. The van der Waals surface area contributed by atoms with E-state index >= 15 is 0 Å². The van der Waals surface area contributed by atoms with Gasteiger partial charge in [-0.1, -0.05) is 38.1 Å². The number of nitriles is 1. The Morgan fingerprint density at radius 2 is 2.06 bits per heavy atom. The predicted octanol–water partition coefficient (Wildman–Crippen LogP) is 4.43. The fourth-order valence-corrected chi connectivity index (χ4v) is 4.99. The fourth-order valence-electron chi connectivity index (χ4n) is 4.99. The molecule has 5 rings (SSSR count). The van der Waals surface area contributed by atoms with Gasteiger partial charge in [0.05, 0.1) is 17.8 Å². The van der Waals surface area contributed by atoms with Crippen LogP contribution in [0.15, 0.2) is 42.6 Å². The van der Waals surface area contributed by atoms with Crippen molar-refractivity contribution in [2.24, 2.45) is 5.41 Å². The van der Waals surface area contributed by atoms with Gasteiger partial charge in [-0.25, -0.2) is 4.98 Å². The number of hydrogen-bond acceptors (Lipinski definition) is 5. The predicted molar refractivity (Wildman–Crippen MR) is 124 cm³/mol. The molecular formula is C26H28N4O3. The second kappa shape index (κ2) is 7.98. The van der Waals surface area contributed by atoms with Gasteiger partial charge in [0.1, 0.15) is 6.07 Å². The molecule has 0 saturated carbocycles. The number of anilines is 1. The number of imidazole rings is 1. The lowest BCUT2D eigenvalue weighted by molar-refractivity contribution is -0.107. The molecule has 2 aliphatic heterocycles. The molecule has 0 unspecified atom stereocenters. The van der Waals surface area contributed by atoms with Gasteiger partial charge in [0.15, 0.2) is 11.5 Å². The van der Waals surface area contributed by atoms with Gasteiger partial charge in [0.25, 0.3) is 5.91 Å². The summed E-state index contributed by atoms with van der Waals surface area (Å²) in [5, 5.41) is 23.5. The summed E-state index contributed by atoms with van der Waals surface area (Å²) in [6.07, 6.45) is 11.5. The molecule has 1 aromatic heterocycles. The first-order valence-corrected chi connectivity index (χ1v) is 11.4. The van der Waals surface area contributed by atoms with E-state index in [-0.39, 0.29) is 29.1 Å². The first kappa shape index (κ1) is 21.6. The lowest BCUT2D eigenvalue weighted by Gasteiger charge is -2.37. The van der Waals surface area contributed by atoms with Crippen LogP contribution in [-0.4, -0.2) is 33.2 Å². The van der Waals surface area contributed by atoms with Crippen LogP contribution < -0.4 is 5.32 Å². The molecule has 2 bridgehead atoms. The maximum atomic E-state index is 12.8. The minimum atomic E-state index is -0.981. The molecule has 1 aromatic carbocycles. The van der Waals surface area contributed by atoms with Gasteiger partial charge in [-0.3, -0.25) is 4.79 Å². The molecule has 1 saturated heterocycles. The summed E-state index contributed by atoms with van der Waals surface area (Å²) >= 11 is 0. The fraction of sp³-hybridized carbons (Fsp3) is 0.423. The zero-order chi connectivity index (χ0) is 23.2. The second-order valence-corrected chi connectivity index (χ2v) is 10.1. The standard InChI is InChI=1S/C26H28N4O3/c1-25(2)9-7-16(8-10-25)21-11-17(26(32)12-19-4-5-20(13-26)33-19)3-6-22(21)30-24(31)23-28-15-18(14-27)29-23/h3-7,11,15,19-20,32H,8-10,12-13H2,1-2H3,(H,28,29)(H,30,31)/t19-,20+,26+. The van der Waals surface area contributed by atoms with Gasteiger partial charge >= 0.3 is 0 Å². The van der Waals surface area contributed by atoms with Crippen LogP contribution in [-0.2, 0) is 10.3 Å². The highest BCUT2D eigenvalue weighted by Gasteiger charge is 2.42. The van der Waals surface area contributed by atoms with Crippen molar-refractivity contribution < 1.29 is 14.6 Å². The van der Waals surface area contributed by atoms with Crippen molar-refractivity contribution in [3.63, 3.8) is 0 Å². The first-order valence-electron chi connectivity index (χ1n) is 11.4. The van der Waals surface area contributed by atoms with Crippen molar-refractivity contribution >= 4 is 17.2 Å². The van der Waals surface area contributed by atoms with Crippen molar-refractivity contribution in [1.82, 2.24) is 9.97 Å². The van der Waals surface area contributed by atoms with Crippen LogP contribution in [0.5, 0.6) is 0 Å². The Labute approximate surface area is 193 Å². The van der Waals surface area contributed by atoms with Crippen LogP contribution in [0.3, 0.4) is 0 Å². The van der Waals surface area contributed by atoms with Crippen molar-refractivity contribution in [2.75, 3.05) is 5.32 Å². The summed E-state index contributed by atoms with van der Waals surface area (Å²) in [6, 6.07) is 7.69. The number of benzene rings is 1. The number of rotatable bonds is 4. The number of allylic oxidation sites excluding steroid dienone is 2. The zero-order valence-corrected chi connectivity index (χ0v) is 18.9. The van der Waals surface area contributed by atoms with E-state index < -0.39 is 11.5 Å². The summed E-state index contributed by atoms with van der Waals surface area (Å²) in [5.74, 6) is -0.319.